The van der Waals surface area contributed by atoms with Crippen LogP contribution in [0.25, 0.3) is 0 Å². The molecule has 4 aliphatic rings. The monoisotopic (exact) mass is 309 g/mol. The van der Waals surface area contributed by atoms with Crippen molar-refractivity contribution in [1.29, 1.82) is 0 Å². The highest BCUT2D eigenvalue weighted by atomic mass is 32.2. The zero-order valence-electron chi connectivity index (χ0n) is 11.9. The molecule has 6 nitrogen and oxygen atoms in total. The van der Waals surface area contributed by atoms with E-state index < -0.39 is 10.0 Å². The molecule has 1 aromatic heterocycles. The maximum Gasteiger partial charge on any atom is 0.217 e. The molecule has 5 rings (SSSR count). The summed E-state index contributed by atoms with van der Waals surface area (Å²) in [6.45, 7) is 0.277. The van der Waals surface area contributed by atoms with Gasteiger partial charge in [0, 0.05) is 31.6 Å². The van der Waals surface area contributed by atoms with Gasteiger partial charge >= 0.3 is 0 Å². The topological polar surface area (TPSA) is 75.7 Å². The van der Waals surface area contributed by atoms with Crippen LogP contribution in [0.1, 0.15) is 25.0 Å². The molecule has 21 heavy (non-hydrogen) atoms. The number of fused-ring (bicyclic) bond motifs is 2. The maximum absolute atomic E-state index is 12.9. The van der Waals surface area contributed by atoms with Gasteiger partial charge in [-0.1, -0.05) is 0 Å². The summed E-state index contributed by atoms with van der Waals surface area (Å²) in [5.41, 5.74) is 0.671. The van der Waals surface area contributed by atoms with Crippen LogP contribution in [-0.4, -0.2) is 47.2 Å². The largest absolute Gasteiger partial charge is 0.369 e. The lowest BCUT2D eigenvalue weighted by atomic mass is 9.70. The van der Waals surface area contributed by atoms with E-state index in [1.807, 2.05) is 0 Å². The zero-order chi connectivity index (χ0) is 14.6. The van der Waals surface area contributed by atoms with Gasteiger partial charge in [0.2, 0.25) is 10.0 Å². The SMILES string of the molecule is CN(Cc1cnccn1)S(=O)(=O)[C@@H]1C[C@H]2CC[C@@H]1[C@@H]1O[C@H]21. The molecule has 5 atom stereocenters. The van der Waals surface area contributed by atoms with Crippen LogP contribution in [0, 0.1) is 11.8 Å². The van der Waals surface area contributed by atoms with Crippen LogP contribution in [0.5, 0.6) is 0 Å². The molecule has 1 aromatic rings. The molecule has 0 radical (unpaired) electrons. The molecule has 3 saturated carbocycles. The highest BCUT2D eigenvalue weighted by Crippen LogP contribution is 2.54. The second kappa shape index (κ2) is 4.72. The molecule has 3 aliphatic carbocycles. The maximum atomic E-state index is 12.9. The van der Waals surface area contributed by atoms with E-state index in [0.717, 1.165) is 19.3 Å². The Morgan fingerprint density at radius 3 is 2.90 bits per heavy atom. The molecule has 7 heteroatoms. The minimum Gasteiger partial charge on any atom is -0.369 e. The van der Waals surface area contributed by atoms with Gasteiger partial charge in [0.25, 0.3) is 0 Å². The number of nitrogens with zero attached hydrogens (tertiary/aromatic N) is 3. The van der Waals surface area contributed by atoms with Crippen molar-refractivity contribution in [3.05, 3.63) is 24.3 Å². The second-order valence-electron chi connectivity index (χ2n) is 6.34. The number of sulfonamides is 1. The van der Waals surface area contributed by atoms with E-state index in [4.69, 9.17) is 4.74 Å². The van der Waals surface area contributed by atoms with Crippen LogP contribution >= 0.6 is 0 Å². The van der Waals surface area contributed by atoms with Crippen LogP contribution in [0.2, 0.25) is 0 Å². The van der Waals surface area contributed by atoms with Crippen molar-refractivity contribution in [3.8, 4) is 0 Å². The molecule has 114 valence electrons. The van der Waals surface area contributed by atoms with Crippen molar-refractivity contribution >= 4 is 10.0 Å². The van der Waals surface area contributed by atoms with Gasteiger partial charge in [0.1, 0.15) is 0 Å². The van der Waals surface area contributed by atoms with E-state index in [1.54, 1.807) is 25.6 Å². The number of rotatable bonds is 4. The van der Waals surface area contributed by atoms with Crippen molar-refractivity contribution in [2.75, 3.05) is 7.05 Å². The third-order valence-electron chi connectivity index (χ3n) is 5.15. The Bertz CT molecular complexity index is 636. The average molecular weight is 309 g/mol. The smallest absolute Gasteiger partial charge is 0.217 e. The summed E-state index contributed by atoms with van der Waals surface area (Å²) in [7, 11) is -1.68. The van der Waals surface area contributed by atoms with E-state index in [2.05, 4.69) is 9.97 Å². The van der Waals surface area contributed by atoms with Crippen molar-refractivity contribution in [2.45, 2.75) is 43.3 Å². The summed E-state index contributed by atoms with van der Waals surface area (Å²) in [5, 5.41) is -0.290. The number of ether oxygens (including phenoxy) is 1. The van der Waals surface area contributed by atoms with E-state index in [-0.39, 0.29) is 23.8 Å². The van der Waals surface area contributed by atoms with Gasteiger partial charge in [-0.2, -0.15) is 4.31 Å². The fourth-order valence-corrected chi connectivity index (χ4v) is 6.02. The fourth-order valence-electron chi connectivity index (χ4n) is 4.02. The van der Waals surface area contributed by atoms with Crippen LogP contribution in [0.4, 0.5) is 0 Å². The zero-order valence-corrected chi connectivity index (χ0v) is 12.7. The Balaban J connectivity index is 1.53. The molecule has 2 heterocycles. The highest BCUT2D eigenvalue weighted by Gasteiger charge is 2.62. The molecule has 0 spiro atoms. The molecule has 1 saturated heterocycles. The van der Waals surface area contributed by atoms with E-state index >= 15 is 0 Å². The molecule has 1 aliphatic heterocycles. The summed E-state index contributed by atoms with van der Waals surface area (Å²) in [4.78, 5) is 8.14. The van der Waals surface area contributed by atoms with Gasteiger partial charge in [-0.25, -0.2) is 8.42 Å². The first-order valence-corrected chi connectivity index (χ1v) is 8.93. The highest BCUT2D eigenvalue weighted by molar-refractivity contribution is 7.89. The van der Waals surface area contributed by atoms with Crippen molar-refractivity contribution < 1.29 is 13.2 Å². The van der Waals surface area contributed by atoms with Gasteiger partial charge < -0.3 is 4.74 Å². The number of aromatic nitrogens is 2. The Kier molecular flexibility index (Phi) is 3.06. The normalized spacial score (nSPS) is 37.5. The van der Waals surface area contributed by atoms with Crippen LogP contribution in [-0.2, 0) is 21.3 Å². The minimum absolute atomic E-state index is 0.175. The van der Waals surface area contributed by atoms with Crippen molar-refractivity contribution in [3.63, 3.8) is 0 Å². The summed E-state index contributed by atoms with van der Waals surface area (Å²) < 4.78 is 32.8. The Labute approximate surface area is 124 Å². The quantitative estimate of drug-likeness (QED) is 0.769. The van der Waals surface area contributed by atoms with Crippen LogP contribution in [0.3, 0.4) is 0 Å². The second-order valence-corrected chi connectivity index (χ2v) is 8.60. The third-order valence-corrected chi connectivity index (χ3v) is 7.45. The fraction of sp³-hybridized carbons (Fsp3) is 0.714. The molecule has 0 amide bonds. The summed E-state index contributed by atoms with van der Waals surface area (Å²) in [6, 6.07) is 0. The van der Waals surface area contributed by atoms with Crippen molar-refractivity contribution in [1.82, 2.24) is 14.3 Å². The van der Waals surface area contributed by atoms with Crippen LogP contribution < -0.4 is 0 Å². The average Bonchev–Trinajstić information content (AvgIpc) is 3.30. The molecule has 0 unspecified atom stereocenters. The first-order valence-electron chi connectivity index (χ1n) is 7.43. The molecule has 0 aromatic carbocycles. The molecule has 2 bridgehead atoms. The Morgan fingerprint density at radius 2 is 2.19 bits per heavy atom. The minimum atomic E-state index is -3.31. The Morgan fingerprint density at radius 1 is 1.33 bits per heavy atom. The van der Waals surface area contributed by atoms with Crippen LogP contribution in [0.15, 0.2) is 18.6 Å². The first kappa shape index (κ1) is 13.6. The van der Waals surface area contributed by atoms with E-state index in [1.165, 1.54) is 4.31 Å². The van der Waals surface area contributed by atoms with E-state index in [9.17, 15) is 8.42 Å². The van der Waals surface area contributed by atoms with E-state index in [0.29, 0.717) is 17.7 Å². The Hall–Kier alpha value is -1.05. The predicted octanol–water partition coefficient (Wildman–Crippen LogP) is 0.804. The summed E-state index contributed by atoms with van der Waals surface area (Å²) in [6.07, 6.45) is 8.17. The van der Waals surface area contributed by atoms with Gasteiger partial charge in [-0.05, 0) is 25.2 Å². The third kappa shape index (κ3) is 2.18. The molecule has 4 fully saturated rings. The van der Waals surface area contributed by atoms with Crippen molar-refractivity contribution in [2.24, 2.45) is 11.8 Å². The summed E-state index contributed by atoms with van der Waals surface area (Å²) in [5.74, 6) is 0.610. The van der Waals surface area contributed by atoms with Gasteiger partial charge in [-0.15, -0.1) is 0 Å². The number of epoxide rings is 1. The van der Waals surface area contributed by atoms with Gasteiger partial charge in [-0.3, -0.25) is 9.97 Å². The standard InChI is InChI=1S/C14H19N3O3S/c1-17(8-10-7-15-4-5-16-10)21(18,19)12-6-9-2-3-11(12)14-13(9)20-14/h4-5,7,9,11-14H,2-3,6,8H2,1H3/t9-,11+,12-,13-,14+/m1/s1. The number of hydrogen-bond donors (Lipinski definition) is 0. The predicted molar refractivity (Wildman–Crippen MR) is 75.7 cm³/mol. The lowest BCUT2D eigenvalue weighted by Gasteiger charge is -2.40. The molecular weight excluding hydrogens is 290 g/mol. The summed E-state index contributed by atoms with van der Waals surface area (Å²) >= 11 is 0. The van der Waals surface area contributed by atoms with Gasteiger partial charge in [0.15, 0.2) is 0 Å². The lowest BCUT2D eigenvalue weighted by Crippen LogP contribution is -2.49. The molecule has 0 N–H and O–H groups in total. The van der Waals surface area contributed by atoms with Gasteiger partial charge in [0.05, 0.1) is 29.7 Å². The first-order chi connectivity index (χ1) is 10.1. The number of hydrogen-bond acceptors (Lipinski definition) is 5. The molecular formula is C14H19N3O3S. The lowest BCUT2D eigenvalue weighted by molar-refractivity contribution is 0.216.